The fourth-order valence-corrected chi connectivity index (χ4v) is 2.13. The molecule has 1 amide bonds. The fraction of sp³-hybridized carbons (Fsp3) is 0.500. The number of aliphatic carboxylic acids is 1. The third-order valence-corrected chi connectivity index (χ3v) is 3.19. The van der Waals surface area contributed by atoms with Gasteiger partial charge in [0.05, 0.1) is 25.2 Å². The van der Waals surface area contributed by atoms with Crippen molar-refractivity contribution in [2.75, 3.05) is 13.7 Å². The van der Waals surface area contributed by atoms with E-state index in [1.54, 1.807) is 6.92 Å². The van der Waals surface area contributed by atoms with Crippen molar-refractivity contribution in [1.82, 2.24) is 5.32 Å². The SMILES string of the molecule is COc1cc(C(=O)NC(C)CC(=O)O)cc(Cl)c1OCC(C)C. The molecule has 6 nitrogen and oxygen atoms in total. The van der Waals surface area contributed by atoms with Gasteiger partial charge in [-0.25, -0.2) is 0 Å². The number of carbonyl (C=O) groups excluding carboxylic acids is 1. The lowest BCUT2D eigenvalue weighted by Gasteiger charge is -2.16. The van der Waals surface area contributed by atoms with E-state index < -0.39 is 17.9 Å². The second kappa shape index (κ2) is 8.62. The van der Waals surface area contributed by atoms with Gasteiger partial charge in [-0.3, -0.25) is 9.59 Å². The van der Waals surface area contributed by atoms with Crippen LogP contribution < -0.4 is 14.8 Å². The Labute approximate surface area is 140 Å². The van der Waals surface area contributed by atoms with E-state index in [4.69, 9.17) is 26.2 Å². The summed E-state index contributed by atoms with van der Waals surface area (Å²) in [5.74, 6) is -0.344. The fourth-order valence-electron chi connectivity index (χ4n) is 1.86. The van der Waals surface area contributed by atoms with Crippen LogP contribution in [-0.4, -0.2) is 36.7 Å². The summed E-state index contributed by atoms with van der Waals surface area (Å²) < 4.78 is 10.9. The topological polar surface area (TPSA) is 84.9 Å². The van der Waals surface area contributed by atoms with Crippen molar-refractivity contribution in [3.8, 4) is 11.5 Å². The van der Waals surface area contributed by atoms with Crippen molar-refractivity contribution in [3.63, 3.8) is 0 Å². The van der Waals surface area contributed by atoms with E-state index in [2.05, 4.69) is 5.32 Å². The Balaban J connectivity index is 2.94. The Hall–Kier alpha value is -1.95. The van der Waals surface area contributed by atoms with Crippen LogP contribution in [0.3, 0.4) is 0 Å². The molecule has 0 saturated carbocycles. The van der Waals surface area contributed by atoms with Gasteiger partial charge < -0.3 is 19.9 Å². The maximum absolute atomic E-state index is 12.2. The first-order valence-corrected chi connectivity index (χ1v) is 7.65. The van der Waals surface area contributed by atoms with E-state index in [1.165, 1.54) is 19.2 Å². The number of nitrogens with one attached hydrogen (secondary N) is 1. The molecule has 1 aromatic rings. The van der Waals surface area contributed by atoms with Crippen LogP contribution in [0.5, 0.6) is 11.5 Å². The third kappa shape index (κ3) is 5.98. The van der Waals surface area contributed by atoms with Gasteiger partial charge in [0.15, 0.2) is 11.5 Å². The molecule has 0 radical (unpaired) electrons. The second-order valence-corrected chi connectivity index (χ2v) is 6.07. The zero-order valence-corrected chi connectivity index (χ0v) is 14.4. The summed E-state index contributed by atoms with van der Waals surface area (Å²) in [4.78, 5) is 22.8. The Morgan fingerprint density at radius 3 is 2.48 bits per heavy atom. The number of ether oxygens (including phenoxy) is 2. The first kappa shape index (κ1) is 19.1. The molecule has 0 heterocycles. The molecule has 1 rings (SSSR count). The molecule has 2 N–H and O–H groups in total. The van der Waals surface area contributed by atoms with Crippen LogP contribution in [0.1, 0.15) is 37.6 Å². The lowest BCUT2D eigenvalue weighted by atomic mass is 10.1. The summed E-state index contributed by atoms with van der Waals surface area (Å²) in [6.07, 6.45) is -0.161. The molecule has 128 valence electrons. The highest BCUT2D eigenvalue weighted by Crippen LogP contribution is 2.36. The molecule has 1 atom stereocenters. The number of halogens is 1. The Morgan fingerprint density at radius 1 is 1.30 bits per heavy atom. The van der Waals surface area contributed by atoms with Crippen LogP contribution in [0, 0.1) is 5.92 Å². The molecular weight excluding hydrogens is 322 g/mol. The molecule has 0 saturated heterocycles. The van der Waals surface area contributed by atoms with Crippen molar-refractivity contribution in [2.24, 2.45) is 5.92 Å². The van der Waals surface area contributed by atoms with Gasteiger partial charge in [-0.1, -0.05) is 25.4 Å². The number of hydrogen-bond donors (Lipinski definition) is 2. The van der Waals surface area contributed by atoms with Crippen molar-refractivity contribution in [2.45, 2.75) is 33.2 Å². The number of amides is 1. The minimum atomic E-state index is -0.981. The van der Waals surface area contributed by atoms with Gasteiger partial charge in [0, 0.05) is 11.6 Å². The van der Waals surface area contributed by atoms with Crippen LogP contribution in [-0.2, 0) is 4.79 Å². The molecule has 0 aliphatic carbocycles. The highest BCUT2D eigenvalue weighted by molar-refractivity contribution is 6.32. The van der Waals surface area contributed by atoms with E-state index in [0.717, 1.165) is 0 Å². The van der Waals surface area contributed by atoms with Crippen molar-refractivity contribution in [1.29, 1.82) is 0 Å². The number of methoxy groups -OCH3 is 1. The number of carboxylic acid groups (broad SMARTS) is 1. The zero-order chi connectivity index (χ0) is 17.6. The molecule has 0 bridgehead atoms. The van der Waals surface area contributed by atoms with Gasteiger partial charge in [-0.2, -0.15) is 0 Å². The van der Waals surface area contributed by atoms with Crippen LogP contribution in [0.15, 0.2) is 12.1 Å². The second-order valence-electron chi connectivity index (χ2n) is 5.67. The lowest BCUT2D eigenvalue weighted by molar-refractivity contribution is -0.137. The van der Waals surface area contributed by atoms with Crippen LogP contribution in [0.4, 0.5) is 0 Å². The maximum Gasteiger partial charge on any atom is 0.305 e. The van der Waals surface area contributed by atoms with Gasteiger partial charge in [0.2, 0.25) is 0 Å². The predicted molar refractivity (Wildman–Crippen MR) is 87.5 cm³/mol. The minimum absolute atomic E-state index is 0.161. The summed E-state index contributed by atoms with van der Waals surface area (Å²) >= 11 is 6.18. The maximum atomic E-state index is 12.2. The Bertz CT molecular complexity index is 574. The van der Waals surface area contributed by atoms with E-state index in [-0.39, 0.29) is 17.0 Å². The summed E-state index contributed by atoms with van der Waals surface area (Å²) in [7, 11) is 1.46. The molecule has 0 spiro atoms. The number of hydrogen-bond acceptors (Lipinski definition) is 4. The van der Waals surface area contributed by atoms with E-state index in [9.17, 15) is 9.59 Å². The van der Waals surface area contributed by atoms with Gasteiger partial charge in [0.1, 0.15) is 0 Å². The van der Waals surface area contributed by atoms with Crippen LogP contribution >= 0.6 is 11.6 Å². The molecule has 23 heavy (non-hydrogen) atoms. The van der Waals surface area contributed by atoms with Crippen molar-refractivity contribution in [3.05, 3.63) is 22.7 Å². The average molecular weight is 344 g/mol. The molecule has 7 heteroatoms. The zero-order valence-electron chi connectivity index (χ0n) is 13.7. The molecular formula is C16H22ClNO5. The summed E-state index contributed by atoms with van der Waals surface area (Å²) in [6, 6.07) is 2.49. The standard InChI is InChI=1S/C16H22ClNO5/c1-9(2)8-23-15-12(17)6-11(7-13(15)22-4)16(21)18-10(3)5-14(19)20/h6-7,9-10H,5,8H2,1-4H3,(H,18,21)(H,19,20). The Kier molecular flexibility index (Phi) is 7.16. The molecule has 1 aromatic carbocycles. The van der Waals surface area contributed by atoms with Gasteiger partial charge in [-0.05, 0) is 25.0 Å². The highest BCUT2D eigenvalue weighted by Gasteiger charge is 2.18. The van der Waals surface area contributed by atoms with Gasteiger partial charge >= 0.3 is 5.97 Å². The highest BCUT2D eigenvalue weighted by atomic mass is 35.5. The van der Waals surface area contributed by atoms with E-state index in [1.807, 2.05) is 13.8 Å². The molecule has 0 aromatic heterocycles. The quantitative estimate of drug-likeness (QED) is 0.758. The van der Waals surface area contributed by atoms with Gasteiger partial charge in [0.25, 0.3) is 5.91 Å². The summed E-state index contributed by atoms with van der Waals surface area (Å²) in [5, 5.41) is 11.6. The minimum Gasteiger partial charge on any atom is -0.493 e. The van der Waals surface area contributed by atoms with Crippen LogP contribution in [0.2, 0.25) is 5.02 Å². The van der Waals surface area contributed by atoms with Crippen LogP contribution in [0.25, 0.3) is 0 Å². The van der Waals surface area contributed by atoms with E-state index >= 15 is 0 Å². The molecule has 1 unspecified atom stereocenters. The molecule has 0 fully saturated rings. The van der Waals surface area contributed by atoms with E-state index in [0.29, 0.717) is 24.0 Å². The third-order valence-electron chi connectivity index (χ3n) is 2.91. The predicted octanol–water partition coefficient (Wildman–Crippen LogP) is 2.98. The lowest BCUT2D eigenvalue weighted by Crippen LogP contribution is -2.34. The number of carbonyl (C=O) groups is 2. The first-order valence-electron chi connectivity index (χ1n) is 7.27. The summed E-state index contributed by atoms with van der Waals surface area (Å²) in [6.45, 7) is 6.10. The smallest absolute Gasteiger partial charge is 0.305 e. The monoisotopic (exact) mass is 343 g/mol. The largest absolute Gasteiger partial charge is 0.493 e. The normalized spacial score (nSPS) is 11.9. The summed E-state index contributed by atoms with van der Waals surface area (Å²) in [5.41, 5.74) is 0.279. The number of rotatable bonds is 8. The van der Waals surface area contributed by atoms with Gasteiger partial charge in [-0.15, -0.1) is 0 Å². The molecule has 0 aliphatic heterocycles. The molecule has 0 aliphatic rings. The Morgan fingerprint density at radius 2 is 1.96 bits per heavy atom. The van der Waals surface area contributed by atoms with Crippen molar-refractivity contribution < 1.29 is 24.2 Å². The number of benzene rings is 1. The number of carboxylic acids is 1. The van der Waals surface area contributed by atoms with Crippen molar-refractivity contribution >= 4 is 23.5 Å². The average Bonchev–Trinajstić information content (AvgIpc) is 2.43. The first-order chi connectivity index (χ1) is 10.7.